The summed E-state index contributed by atoms with van der Waals surface area (Å²) in [7, 11) is 0. The van der Waals surface area contributed by atoms with Crippen molar-refractivity contribution in [3.8, 4) is 0 Å². The Hall–Kier alpha value is 0.797. The van der Waals surface area contributed by atoms with Crippen molar-refractivity contribution in [1.82, 2.24) is 10.6 Å². The fraction of sp³-hybridized carbons (Fsp3) is 0.789. The fourth-order valence-corrected chi connectivity index (χ4v) is 1.00. The molecular weight excluding hydrogens is 574 g/mol. The second-order valence-electron chi connectivity index (χ2n) is 4.35. The van der Waals surface area contributed by atoms with Gasteiger partial charge in [0.1, 0.15) is 0 Å². The monoisotopic (exact) mass is 620 g/mol. The number of rotatable bonds is 6. The Balaban J connectivity index is -0.0000000217. The Kier molecular flexibility index (Phi) is 138. The maximum absolute atomic E-state index is 10.2. The van der Waals surface area contributed by atoms with Gasteiger partial charge in [0.2, 0.25) is 11.8 Å². The summed E-state index contributed by atoms with van der Waals surface area (Å²) in [6.07, 6.45) is 8.15. The van der Waals surface area contributed by atoms with Crippen molar-refractivity contribution in [2.75, 3.05) is 6.67 Å². The summed E-state index contributed by atoms with van der Waals surface area (Å²) in [5.74, 6) is -0.299. The van der Waals surface area contributed by atoms with Crippen LogP contribution in [-0.2, 0) is 67.8 Å². The van der Waals surface area contributed by atoms with E-state index in [1.807, 2.05) is 13.8 Å². The Morgan fingerprint density at radius 3 is 0.923 bits per heavy atom. The van der Waals surface area contributed by atoms with Gasteiger partial charge in [-0.25, -0.2) is 0 Å². The molecular formula is C19H46N2O2V2W-2. The van der Waals surface area contributed by atoms with E-state index >= 15 is 0 Å². The second-order valence-corrected chi connectivity index (χ2v) is 4.35. The average molecular weight is 620 g/mol. The number of carbonyl (C=O) groups is 2. The number of hydrogen-bond acceptors (Lipinski definition) is 2. The van der Waals surface area contributed by atoms with Crippen LogP contribution in [0.5, 0.6) is 0 Å². The van der Waals surface area contributed by atoms with Crippen LogP contribution < -0.4 is 10.6 Å². The van der Waals surface area contributed by atoms with Crippen LogP contribution in [0.15, 0.2) is 0 Å². The summed E-state index contributed by atoms with van der Waals surface area (Å²) in [5.41, 5.74) is 0. The van der Waals surface area contributed by atoms with E-state index < -0.39 is 0 Å². The summed E-state index contributed by atoms with van der Waals surface area (Å²) in [4.78, 5) is 20.3. The Bertz CT molecular complexity index is 188. The zero-order chi connectivity index (χ0) is 17.5. The zero-order valence-corrected chi connectivity index (χ0v) is 24.8. The SMILES string of the molecule is CC.CC(=O)NCNC(C)=O.CCCCC.CCCCC.[CH3-].[CH3-].[V].[V].[W]. The first-order valence-electron chi connectivity index (χ1n) is 8.44. The molecule has 2 radical (unpaired) electrons. The van der Waals surface area contributed by atoms with E-state index in [4.69, 9.17) is 0 Å². The third-order valence-electron chi connectivity index (χ3n) is 2.09. The Morgan fingerprint density at radius 1 is 0.654 bits per heavy atom. The van der Waals surface area contributed by atoms with E-state index in [1.54, 1.807) is 0 Å². The third kappa shape index (κ3) is 120. The molecule has 2 amide bonds. The van der Waals surface area contributed by atoms with E-state index in [9.17, 15) is 9.59 Å². The van der Waals surface area contributed by atoms with Gasteiger partial charge in [-0.15, -0.1) is 0 Å². The number of carbonyl (C=O) groups excluding carboxylic acids is 2. The molecule has 0 aromatic carbocycles. The second kappa shape index (κ2) is 63.6. The van der Waals surface area contributed by atoms with Gasteiger partial charge in [-0.05, 0) is 0 Å². The Labute approximate surface area is 204 Å². The molecule has 0 fully saturated rings. The van der Waals surface area contributed by atoms with Gasteiger partial charge in [-0.3, -0.25) is 9.59 Å². The summed E-state index contributed by atoms with van der Waals surface area (Å²) in [6.45, 7) is 15.8. The molecule has 162 valence electrons. The molecule has 0 bridgehead atoms. The predicted octanol–water partition coefficient (Wildman–Crippen LogP) is 5.53. The average Bonchev–Trinajstić information content (AvgIpc) is 2.43. The first-order chi connectivity index (χ1) is 9.95. The third-order valence-corrected chi connectivity index (χ3v) is 2.09. The molecule has 0 atom stereocenters. The molecule has 0 rings (SSSR count). The van der Waals surface area contributed by atoms with E-state index in [-0.39, 0.29) is 91.5 Å². The summed E-state index contributed by atoms with van der Waals surface area (Å²) in [5, 5.41) is 4.81. The van der Waals surface area contributed by atoms with Crippen LogP contribution in [0.2, 0.25) is 0 Å². The quantitative estimate of drug-likeness (QED) is 0.304. The number of unbranched alkanes of at least 4 members (excludes halogenated alkanes) is 4. The van der Waals surface area contributed by atoms with Crippen LogP contribution in [-0.4, -0.2) is 18.5 Å². The zero-order valence-electron chi connectivity index (χ0n) is 19.1. The van der Waals surface area contributed by atoms with E-state index in [0.717, 1.165) is 0 Å². The maximum Gasteiger partial charge on any atom is 0.218 e. The van der Waals surface area contributed by atoms with Crippen molar-refractivity contribution in [2.45, 2.75) is 93.9 Å². The number of amides is 2. The van der Waals surface area contributed by atoms with Crippen molar-refractivity contribution in [2.24, 2.45) is 0 Å². The molecule has 0 aromatic heterocycles. The standard InChI is InChI=1S/C5H10N2O2.2C5H12.C2H6.2CH3.2V.W/c1-4(8)6-3-7-5(2)9;2*1-3-5-4-2;1-2;;;;;/h3H2,1-2H3,(H,6,8)(H,7,9);2*3-5H2,1-2H3;1-2H3;2*1H3;;;/q;;;;2*-1;;;. The van der Waals surface area contributed by atoms with E-state index in [1.165, 1.54) is 52.4 Å². The first-order valence-corrected chi connectivity index (χ1v) is 8.44. The topological polar surface area (TPSA) is 58.2 Å². The molecule has 0 heterocycles. The van der Waals surface area contributed by atoms with Crippen LogP contribution in [0.4, 0.5) is 0 Å². The van der Waals surface area contributed by atoms with Crippen molar-refractivity contribution >= 4 is 11.8 Å². The van der Waals surface area contributed by atoms with Crippen molar-refractivity contribution in [3.05, 3.63) is 14.9 Å². The first kappa shape index (κ1) is 56.3. The maximum atomic E-state index is 10.2. The predicted molar refractivity (Wildman–Crippen MR) is 107 cm³/mol. The molecule has 0 aliphatic carbocycles. The van der Waals surface area contributed by atoms with Gasteiger partial charge in [-0.2, -0.15) is 0 Å². The molecule has 4 nitrogen and oxygen atoms in total. The summed E-state index contributed by atoms with van der Waals surface area (Å²) < 4.78 is 0. The molecule has 0 saturated heterocycles. The molecule has 0 aliphatic rings. The van der Waals surface area contributed by atoms with Gasteiger partial charge in [0.25, 0.3) is 0 Å². The minimum atomic E-state index is -0.149. The smallest absolute Gasteiger partial charge is 0.218 e. The van der Waals surface area contributed by atoms with Gasteiger partial charge in [-0.1, -0.05) is 80.1 Å². The normalized spacial score (nSPS) is 6.31. The Morgan fingerprint density at radius 2 is 0.846 bits per heavy atom. The fourth-order valence-electron chi connectivity index (χ4n) is 1.00. The number of hydrogen-bond donors (Lipinski definition) is 2. The molecule has 26 heavy (non-hydrogen) atoms. The van der Waals surface area contributed by atoms with Gasteiger partial charge in [0.05, 0.1) is 6.67 Å². The van der Waals surface area contributed by atoms with Gasteiger partial charge in [0, 0.05) is 72.0 Å². The molecule has 0 spiro atoms. The summed E-state index contributed by atoms with van der Waals surface area (Å²) in [6, 6.07) is 0. The minimum absolute atomic E-state index is 0. The van der Waals surface area contributed by atoms with Crippen LogP contribution in [0.3, 0.4) is 0 Å². The number of nitrogens with one attached hydrogen (secondary N) is 2. The van der Waals surface area contributed by atoms with Gasteiger partial charge < -0.3 is 25.5 Å². The molecule has 2 N–H and O–H groups in total. The van der Waals surface area contributed by atoms with Crippen molar-refractivity contribution in [1.29, 1.82) is 0 Å². The van der Waals surface area contributed by atoms with E-state index in [2.05, 4.69) is 38.3 Å². The molecule has 7 heteroatoms. The molecule has 0 aliphatic heterocycles. The van der Waals surface area contributed by atoms with Crippen LogP contribution in [0.25, 0.3) is 0 Å². The van der Waals surface area contributed by atoms with Crippen LogP contribution in [0.1, 0.15) is 93.9 Å². The van der Waals surface area contributed by atoms with Gasteiger partial charge in [0.15, 0.2) is 0 Å². The summed E-state index contributed by atoms with van der Waals surface area (Å²) >= 11 is 0. The largest absolute Gasteiger partial charge is 0.358 e. The molecule has 0 aromatic rings. The van der Waals surface area contributed by atoms with Crippen LogP contribution in [0, 0.1) is 14.9 Å². The van der Waals surface area contributed by atoms with Crippen LogP contribution >= 0.6 is 0 Å². The minimum Gasteiger partial charge on any atom is -0.358 e. The van der Waals surface area contributed by atoms with Crippen molar-refractivity contribution in [3.63, 3.8) is 0 Å². The van der Waals surface area contributed by atoms with Crippen molar-refractivity contribution < 1.29 is 67.8 Å². The van der Waals surface area contributed by atoms with Gasteiger partial charge >= 0.3 is 0 Å². The molecule has 0 saturated carbocycles. The van der Waals surface area contributed by atoms with E-state index in [0.29, 0.717) is 0 Å². The molecule has 0 unspecified atom stereocenters.